The lowest BCUT2D eigenvalue weighted by atomic mass is 9.92. The van der Waals surface area contributed by atoms with Crippen LogP contribution >= 0.6 is 11.3 Å². The van der Waals surface area contributed by atoms with Crippen molar-refractivity contribution in [3.05, 3.63) is 63.9 Å². The second-order valence-corrected chi connectivity index (χ2v) is 9.76. The summed E-state index contributed by atoms with van der Waals surface area (Å²) in [7, 11) is 0. The summed E-state index contributed by atoms with van der Waals surface area (Å²) in [6.45, 7) is 2.63. The number of aryl methyl sites for hydroxylation is 1. The number of hydrogen-bond donors (Lipinski definition) is 2. The predicted molar refractivity (Wildman–Crippen MR) is 129 cm³/mol. The maximum absolute atomic E-state index is 12.3. The van der Waals surface area contributed by atoms with Gasteiger partial charge in [0, 0.05) is 23.9 Å². The van der Waals surface area contributed by atoms with Crippen LogP contribution in [0.1, 0.15) is 65.6 Å². The van der Waals surface area contributed by atoms with Gasteiger partial charge in [-0.25, -0.2) is 4.79 Å². The minimum Gasteiger partial charge on any atom is -0.477 e. The molecule has 2 N–H and O–H groups in total. The monoisotopic (exact) mass is 455 g/mol. The van der Waals surface area contributed by atoms with Crippen molar-refractivity contribution in [2.24, 2.45) is 5.92 Å². The van der Waals surface area contributed by atoms with Gasteiger partial charge in [-0.1, -0.05) is 43.3 Å². The molecule has 1 fully saturated rings. The Bertz CT molecular complexity index is 908. The number of rotatable bonds is 12. The van der Waals surface area contributed by atoms with Crippen LogP contribution in [0.15, 0.2) is 48.5 Å². The third kappa shape index (κ3) is 7.04. The van der Waals surface area contributed by atoms with E-state index < -0.39 is 5.97 Å². The average Bonchev–Trinajstić information content (AvgIpc) is 3.40. The number of nitrogens with zero attached hydrogens (tertiary/aromatic N) is 1. The van der Waals surface area contributed by atoms with E-state index in [0.29, 0.717) is 24.3 Å². The zero-order valence-electron chi connectivity index (χ0n) is 18.7. The lowest BCUT2D eigenvalue weighted by molar-refractivity contribution is -0.128. The number of likely N-dealkylation sites (tertiary alicyclic amines) is 1. The smallest absolute Gasteiger partial charge is 0.345 e. The number of aromatic carboxylic acids is 1. The molecule has 1 saturated heterocycles. The summed E-state index contributed by atoms with van der Waals surface area (Å²) >= 11 is 1.22. The third-order valence-electron chi connectivity index (χ3n) is 6.29. The van der Waals surface area contributed by atoms with Crippen LogP contribution in [0.4, 0.5) is 0 Å². The van der Waals surface area contributed by atoms with E-state index in [1.165, 1.54) is 16.9 Å². The van der Waals surface area contributed by atoms with Crippen molar-refractivity contribution in [2.45, 2.75) is 64.0 Å². The van der Waals surface area contributed by atoms with Gasteiger partial charge < -0.3 is 15.1 Å². The van der Waals surface area contributed by atoms with E-state index in [4.69, 9.17) is 5.11 Å². The van der Waals surface area contributed by atoms with E-state index >= 15 is 0 Å². The van der Waals surface area contributed by atoms with E-state index in [-0.39, 0.29) is 24.0 Å². The molecule has 0 spiro atoms. The quantitative estimate of drug-likeness (QED) is 0.458. The Morgan fingerprint density at radius 2 is 2.00 bits per heavy atom. The molecule has 2 aromatic rings. The summed E-state index contributed by atoms with van der Waals surface area (Å²) in [4.78, 5) is 26.4. The molecule has 32 heavy (non-hydrogen) atoms. The van der Waals surface area contributed by atoms with Crippen molar-refractivity contribution in [3.63, 3.8) is 0 Å². The van der Waals surface area contributed by atoms with Gasteiger partial charge in [0.15, 0.2) is 0 Å². The topological polar surface area (TPSA) is 77.8 Å². The molecule has 1 amide bonds. The summed E-state index contributed by atoms with van der Waals surface area (Å²) < 4.78 is 0. The summed E-state index contributed by atoms with van der Waals surface area (Å²) in [6.07, 6.45) is 9.46. The Morgan fingerprint density at radius 3 is 2.72 bits per heavy atom. The fraction of sp³-hybridized carbons (Fsp3) is 0.462. The Hall–Kier alpha value is -2.44. The molecular weight excluding hydrogens is 422 g/mol. The van der Waals surface area contributed by atoms with E-state index in [1.807, 2.05) is 23.1 Å². The zero-order valence-corrected chi connectivity index (χ0v) is 19.5. The summed E-state index contributed by atoms with van der Waals surface area (Å²) in [5.41, 5.74) is 1.34. The molecule has 1 aromatic carbocycles. The molecule has 0 aliphatic carbocycles. The Kier molecular flexibility index (Phi) is 9.06. The largest absolute Gasteiger partial charge is 0.477 e. The molecule has 3 atom stereocenters. The zero-order chi connectivity index (χ0) is 22.9. The van der Waals surface area contributed by atoms with E-state index in [2.05, 4.69) is 31.2 Å². The molecule has 1 aromatic heterocycles. The number of carbonyl (C=O) groups excluding carboxylic acids is 1. The number of carboxylic acid groups (broad SMARTS) is 1. The summed E-state index contributed by atoms with van der Waals surface area (Å²) in [6, 6.07) is 14.0. The van der Waals surface area contributed by atoms with Crippen LogP contribution in [-0.2, 0) is 11.2 Å². The molecule has 6 heteroatoms. The summed E-state index contributed by atoms with van der Waals surface area (Å²) in [5.74, 6) is -0.522. The van der Waals surface area contributed by atoms with Crippen molar-refractivity contribution >= 4 is 29.3 Å². The normalized spacial score (nSPS) is 18.4. The van der Waals surface area contributed by atoms with Crippen LogP contribution in [0.5, 0.6) is 0 Å². The molecule has 2 heterocycles. The number of aliphatic hydroxyl groups is 1. The van der Waals surface area contributed by atoms with Gasteiger partial charge in [0.2, 0.25) is 5.91 Å². The van der Waals surface area contributed by atoms with Crippen LogP contribution in [0.3, 0.4) is 0 Å². The molecule has 1 aliphatic rings. The number of carbonyl (C=O) groups is 2. The highest BCUT2D eigenvalue weighted by atomic mass is 32.1. The number of benzene rings is 1. The minimum absolute atomic E-state index is 0.155. The van der Waals surface area contributed by atoms with Crippen molar-refractivity contribution in [1.29, 1.82) is 0 Å². The standard InChI is InChI=1S/C26H33NO4S/c1-19(7-5-10-20-8-3-2-4-9-20)23(28)15-12-21-13-17-25(29)27(21)18-6-11-22-14-16-24(32-22)26(30)31/h2-4,6,8-9,11,14,16,19,21,23,28H,5,7,10,12-13,15,17-18H2,1H3,(H,30,31)/b11-6-/t19-,21-,23+/m0/s1. The molecular formula is C26H33NO4S. The number of aliphatic hydroxyl groups excluding tert-OH is 1. The van der Waals surface area contributed by atoms with E-state index in [9.17, 15) is 14.7 Å². The lowest BCUT2D eigenvalue weighted by Gasteiger charge is -2.26. The number of amides is 1. The Morgan fingerprint density at radius 1 is 1.22 bits per heavy atom. The van der Waals surface area contributed by atoms with Gasteiger partial charge in [-0.2, -0.15) is 0 Å². The molecule has 172 valence electrons. The SMILES string of the molecule is C[C@@H](CCCc1ccccc1)[C@H](O)CC[C@H]1CCC(=O)N1C/C=C\c1ccc(C(=O)O)s1. The molecule has 0 unspecified atom stereocenters. The van der Waals surface area contributed by atoms with Gasteiger partial charge in [-0.3, -0.25) is 4.79 Å². The predicted octanol–water partition coefficient (Wildman–Crippen LogP) is 5.25. The fourth-order valence-electron chi connectivity index (χ4n) is 4.30. The Balaban J connectivity index is 1.42. The molecule has 1 aliphatic heterocycles. The average molecular weight is 456 g/mol. The van der Waals surface area contributed by atoms with Crippen molar-refractivity contribution in [3.8, 4) is 0 Å². The number of carboxylic acids is 1. The van der Waals surface area contributed by atoms with Gasteiger partial charge in [-0.15, -0.1) is 11.3 Å². The van der Waals surface area contributed by atoms with Gasteiger partial charge in [-0.05, 0) is 68.2 Å². The molecule has 0 radical (unpaired) electrons. The van der Waals surface area contributed by atoms with Crippen molar-refractivity contribution in [2.75, 3.05) is 6.54 Å². The number of hydrogen-bond acceptors (Lipinski definition) is 4. The van der Waals surface area contributed by atoms with Crippen molar-refractivity contribution in [1.82, 2.24) is 4.90 Å². The van der Waals surface area contributed by atoms with Gasteiger partial charge in [0.1, 0.15) is 4.88 Å². The first-order valence-corrected chi connectivity index (χ1v) is 12.3. The maximum atomic E-state index is 12.3. The van der Waals surface area contributed by atoms with E-state index in [1.54, 1.807) is 12.1 Å². The lowest BCUT2D eigenvalue weighted by Crippen LogP contribution is -2.34. The highest BCUT2D eigenvalue weighted by Crippen LogP contribution is 2.26. The minimum atomic E-state index is -0.919. The first-order chi connectivity index (χ1) is 15.4. The van der Waals surface area contributed by atoms with Gasteiger partial charge >= 0.3 is 5.97 Å². The molecule has 0 saturated carbocycles. The first kappa shape index (κ1) is 24.2. The Labute approximate surface area is 194 Å². The first-order valence-electron chi connectivity index (χ1n) is 11.4. The summed E-state index contributed by atoms with van der Waals surface area (Å²) in [5, 5.41) is 19.7. The van der Waals surface area contributed by atoms with Crippen LogP contribution in [-0.4, -0.2) is 45.7 Å². The van der Waals surface area contributed by atoms with Crippen LogP contribution in [0.2, 0.25) is 0 Å². The van der Waals surface area contributed by atoms with Gasteiger partial charge in [0.25, 0.3) is 0 Å². The second kappa shape index (κ2) is 12.0. The highest BCUT2D eigenvalue weighted by molar-refractivity contribution is 7.14. The number of thiophene rings is 1. The van der Waals surface area contributed by atoms with E-state index in [0.717, 1.165) is 37.0 Å². The van der Waals surface area contributed by atoms with Crippen LogP contribution in [0, 0.1) is 5.92 Å². The van der Waals surface area contributed by atoms with Gasteiger partial charge in [0.05, 0.1) is 6.10 Å². The fourth-order valence-corrected chi connectivity index (χ4v) is 5.07. The third-order valence-corrected chi connectivity index (χ3v) is 7.33. The van der Waals surface area contributed by atoms with Crippen LogP contribution in [0.25, 0.3) is 6.08 Å². The molecule has 3 rings (SSSR count). The van der Waals surface area contributed by atoms with Crippen LogP contribution < -0.4 is 0 Å². The molecule has 0 bridgehead atoms. The second-order valence-electron chi connectivity index (χ2n) is 8.65. The highest BCUT2D eigenvalue weighted by Gasteiger charge is 2.30. The maximum Gasteiger partial charge on any atom is 0.345 e. The molecule has 5 nitrogen and oxygen atoms in total. The van der Waals surface area contributed by atoms with Crippen molar-refractivity contribution < 1.29 is 19.8 Å².